The van der Waals surface area contributed by atoms with Crippen molar-refractivity contribution in [3.8, 4) is 17.9 Å². The van der Waals surface area contributed by atoms with Gasteiger partial charge in [-0.25, -0.2) is 0 Å². The van der Waals surface area contributed by atoms with Gasteiger partial charge in [-0.05, 0) is 56.2 Å². The lowest BCUT2D eigenvalue weighted by Crippen LogP contribution is -2.43. The Hall–Kier alpha value is -3.55. The quantitative estimate of drug-likeness (QED) is 0.616. The van der Waals surface area contributed by atoms with Gasteiger partial charge in [-0.1, -0.05) is 18.2 Å². The molecule has 168 valence electrons. The van der Waals surface area contributed by atoms with Crippen molar-refractivity contribution in [1.29, 1.82) is 10.5 Å². The van der Waals surface area contributed by atoms with Gasteiger partial charge in [0.1, 0.15) is 11.6 Å². The van der Waals surface area contributed by atoms with E-state index >= 15 is 0 Å². The Bertz CT molecular complexity index is 1270. The number of rotatable bonds is 6. The van der Waals surface area contributed by atoms with Gasteiger partial charge >= 0.3 is 0 Å². The fourth-order valence-electron chi connectivity index (χ4n) is 5.16. The minimum Gasteiger partial charge on any atom is -0.489 e. The van der Waals surface area contributed by atoms with E-state index in [1.807, 2.05) is 30.3 Å². The highest BCUT2D eigenvalue weighted by molar-refractivity contribution is 6.09. The lowest BCUT2D eigenvalue weighted by molar-refractivity contribution is -0.130. The van der Waals surface area contributed by atoms with Gasteiger partial charge in [-0.2, -0.15) is 10.5 Å². The summed E-state index contributed by atoms with van der Waals surface area (Å²) < 4.78 is 12.2. The van der Waals surface area contributed by atoms with Crippen molar-refractivity contribution in [2.75, 3.05) is 19.7 Å². The Morgan fingerprint density at radius 2 is 2.06 bits per heavy atom. The molecule has 2 heterocycles. The molecule has 7 heteroatoms. The zero-order chi connectivity index (χ0) is 22.8. The number of likely N-dealkylation sites (tertiary alicyclic amines) is 1. The highest BCUT2D eigenvalue weighted by Gasteiger charge is 2.30. The molecule has 1 saturated heterocycles. The number of nitriles is 2. The molecule has 1 aromatic heterocycles. The van der Waals surface area contributed by atoms with Crippen LogP contribution >= 0.6 is 0 Å². The predicted molar refractivity (Wildman–Crippen MR) is 123 cm³/mol. The Morgan fingerprint density at radius 1 is 1.18 bits per heavy atom. The number of furan rings is 1. The number of benzene rings is 2. The zero-order valence-electron chi connectivity index (χ0n) is 18.4. The van der Waals surface area contributed by atoms with Crippen LogP contribution in [0.25, 0.3) is 21.9 Å². The van der Waals surface area contributed by atoms with E-state index < -0.39 is 0 Å². The fourth-order valence-corrected chi connectivity index (χ4v) is 5.16. The first kappa shape index (κ1) is 21.3. The standard InChI is InChI=1S/C26H26N4O3/c27-13-18-8-10-23(26-25(18)21-5-1-2-6-22(21)33-26)32-16-17-7-9-19(12-17)29-15-24(31)30-11-3-4-20(30)14-28/h1-2,5-6,8,10,17,19-20,29H,3-4,7,9,11-12,15-16H2/t17-,19+,20-/m0/s1. The first-order valence-corrected chi connectivity index (χ1v) is 11.6. The molecule has 0 radical (unpaired) electrons. The number of nitrogens with zero attached hydrogens (tertiary/aromatic N) is 3. The van der Waals surface area contributed by atoms with Gasteiger partial charge in [0.05, 0.1) is 30.9 Å². The van der Waals surface area contributed by atoms with Crippen LogP contribution in [0.3, 0.4) is 0 Å². The average molecular weight is 443 g/mol. The molecule has 5 rings (SSSR count). The number of amides is 1. The summed E-state index contributed by atoms with van der Waals surface area (Å²) in [5.41, 5.74) is 1.94. The maximum Gasteiger partial charge on any atom is 0.237 e. The van der Waals surface area contributed by atoms with Gasteiger partial charge < -0.3 is 19.4 Å². The molecule has 2 aromatic carbocycles. The van der Waals surface area contributed by atoms with Gasteiger partial charge in [0.25, 0.3) is 0 Å². The first-order chi connectivity index (χ1) is 16.2. The third kappa shape index (κ3) is 4.13. The Labute approximate surface area is 192 Å². The first-order valence-electron chi connectivity index (χ1n) is 11.6. The number of hydrogen-bond acceptors (Lipinski definition) is 6. The molecular weight excluding hydrogens is 416 g/mol. The lowest BCUT2D eigenvalue weighted by atomic mass is 10.1. The lowest BCUT2D eigenvalue weighted by Gasteiger charge is -2.21. The molecule has 1 N–H and O–H groups in total. The maximum absolute atomic E-state index is 12.5. The van der Waals surface area contributed by atoms with Crippen LogP contribution < -0.4 is 10.1 Å². The van der Waals surface area contributed by atoms with Crippen molar-refractivity contribution >= 4 is 27.8 Å². The molecule has 1 saturated carbocycles. The van der Waals surface area contributed by atoms with Crippen molar-refractivity contribution in [2.24, 2.45) is 5.92 Å². The minimum absolute atomic E-state index is 0.0172. The summed E-state index contributed by atoms with van der Waals surface area (Å²) in [5, 5.41) is 23.8. The van der Waals surface area contributed by atoms with Crippen LogP contribution in [-0.2, 0) is 4.79 Å². The summed E-state index contributed by atoms with van der Waals surface area (Å²) in [6.07, 6.45) is 4.64. The van der Waals surface area contributed by atoms with Crippen molar-refractivity contribution in [1.82, 2.24) is 10.2 Å². The van der Waals surface area contributed by atoms with Gasteiger partial charge in [-0.3, -0.25) is 4.79 Å². The average Bonchev–Trinajstić information content (AvgIpc) is 3.59. The molecular formula is C26H26N4O3. The van der Waals surface area contributed by atoms with E-state index in [1.54, 1.807) is 11.0 Å². The van der Waals surface area contributed by atoms with Crippen LogP contribution in [0.4, 0.5) is 0 Å². The summed E-state index contributed by atoms with van der Waals surface area (Å²) in [4.78, 5) is 14.2. The van der Waals surface area contributed by atoms with E-state index in [-0.39, 0.29) is 24.5 Å². The van der Waals surface area contributed by atoms with E-state index in [4.69, 9.17) is 9.15 Å². The van der Waals surface area contributed by atoms with Gasteiger partial charge in [0.15, 0.2) is 11.3 Å². The summed E-state index contributed by atoms with van der Waals surface area (Å²) in [6.45, 7) is 1.53. The number of nitrogens with one attached hydrogen (secondary N) is 1. The van der Waals surface area contributed by atoms with Crippen LogP contribution in [0.2, 0.25) is 0 Å². The summed E-state index contributed by atoms with van der Waals surface area (Å²) in [7, 11) is 0. The second-order valence-corrected chi connectivity index (χ2v) is 8.97. The van der Waals surface area contributed by atoms with E-state index in [1.165, 1.54) is 0 Å². The molecule has 2 fully saturated rings. The van der Waals surface area contributed by atoms with Crippen LogP contribution in [-0.4, -0.2) is 42.6 Å². The molecule has 7 nitrogen and oxygen atoms in total. The van der Waals surface area contributed by atoms with Gasteiger partial charge in [0, 0.05) is 23.4 Å². The molecule has 1 aliphatic heterocycles. The number of carbonyl (C=O) groups excluding carboxylic acids is 1. The van der Waals surface area contributed by atoms with Crippen LogP contribution in [0.15, 0.2) is 40.8 Å². The van der Waals surface area contributed by atoms with E-state index in [0.717, 1.165) is 48.5 Å². The van der Waals surface area contributed by atoms with Crippen molar-refractivity contribution in [3.63, 3.8) is 0 Å². The molecule has 0 unspecified atom stereocenters. The topological polar surface area (TPSA) is 102 Å². The smallest absolute Gasteiger partial charge is 0.237 e. The van der Waals surface area contributed by atoms with Crippen LogP contribution in [0.1, 0.15) is 37.7 Å². The Kier molecular flexibility index (Phi) is 5.90. The fraction of sp³-hybridized carbons (Fsp3) is 0.423. The number of carbonyl (C=O) groups is 1. The van der Waals surface area contributed by atoms with Crippen molar-refractivity contribution < 1.29 is 13.9 Å². The second-order valence-electron chi connectivity index (χ2n) is 8.97. The predicted octanol–water partition coefficient (Wildman–Crippen LogP) is 4.11. The van der Waals surface area contributed by atoms with Crippen molar-refractivity contribution in [2.45, 2.75) is 44.2 Å². The van der Waals surface area contributed by atoms with Crippen LogP contribution in [0.5, 0.6) is 5.75 Å². The highest BCUT2D eigenvalue weighted by atomic mass is 16.5. The zero-order valence-corrected chi connectivity index (χ0v) is 18.4. The largest absolute Gasteiger partial charge is 0.489 e. The second kappa shape index (κ2) is 9.13. The third-order valence-corrected chi connectivity index (χ3v) is 6.89. The summed E-state index contributed by atoms with van der Waals surface area (Å²) in [5.74, 6) is 1.05. The normalized spacial score (nSPS) is 22.5. The molecule has 2 aliphatic rings. The molecule has 0 spiro atoms. The third-order valence-electron chi connectivity index (χ3n) is 6.89. The van der Waals surface area contributed by atoms with E-state index in [9.17, 15) is 15.3 Å². The Balaban J connectivity index is 1.19. The molecule has 33 heavy (non-hydrogen) atoms. The summed E-state index contributed by atoms with van der Waals surface area (Å²) in [6, 6.07) is 15.8. The SMILES string of the molecule is N#Cc1ccc(OC[C@H]2CC[C@@H](NCC(=O)N3CCC[C@H]3C#N)C2)c2oc3ccccc3c12. The summed E-state index contributed by atoms with van der Waals surface area (Å²) >= 11 is 0. The monoisotopic (exact) mass is 442 g/mol. The van der Waals surface area contributed by atoms with Crippen molar-refractivity contribution in [3.05, 3.63) is 42.0 Å². The number of fused-ring (bicyclic) bond motifs is 3. The van der Waals surface area contributed by atoms with Crippen LogP contribution in [0, 0.1) is 28.6 Å². The molecule has 3 atom stereocenters. The molecule has 3 aromatic rings. The van der Waals surface area contributed by atoms with E-state index in [2.05, 4.69) is 17.5 Å². The molecule has 1 aliphatic carbocycles. The number of hydrogen-bond donors (Lipinski definition) is 1. The number of ether oxygens (including phenoxy) is 1. The maximum atomic E-state index is 12.5. The van der Waals surface area contributed by atoms with E-state index in [0.29, 0.717) is 36.0 Å². The Morgan fingerprint density at radius 3 is 2.91 bits per heavy atom. The molecule has 1 amide bonds. The molecule has 0 bridgehead atoms. The number of para-hydroxylation sites is 1. The van der Waals surface area contributed by atoms with Gasteiger partial charge in [0.2, 0.25) is 5.91 Å². The minimum atomic E-state index is -0.272. The van der Waals surface area contributed by atoms with Gasteiger partial charge in [-0.15, -0.1) is 0 Å². The highest BCUT2D eigenvalue weighted by Crippen LogP contribution is 2.37.